The van der Waals surface area contributed by atoms with Gasteiger partial charge >= 0.3 is 0 Å². The molecule has 5 heteroatoms. The van der Waals surface area contributed by atoms with Gasteiger partial charge < -0.3 is 4.42 Å². The Morgan fingerprint density at radius 3 is 1.96 bits per heavy atom. The Morgan fingerprint density at radius 2 is 1.25 bits per heavy atom. The van der Waals surface area contributed by atoms with Crippen LogP contribution in [0.4, 0.5) is 0 Å². The first-order valence-corrected chi connectivity index (χ1v) is 16.9. The van der Waals surface area contributed by atoms with Crippen LogP contribution in [-0.4, -0.2) is 15.0 Å². The van der Waals surface area contributed by atoms with Crippen molar-refractivity contribution in [3.63, 3.8) is 0 Å². The van der Waals surface area contributed by atoms with E-state index < -0.39 is 0 Å². The van der Waals surface area contributed by atoms with Gasteiger partial charge in [-0.3, -0.25) is 0 Å². The highest BCUT2D eigenvalue weighted by Gasteiger charge is 2.19. The van der Waals surface area contributed by atoms with Gasteiger partial charge in [-0.2, -0.15) is 0 Å². The molecule has 1 unspecified atom stereocenters. The maximum absolute atomic E-state index is 6.03. The number of aromatic nitrogens is 3. The molecule has 1 aliphatic carbocycles. The minimum Gasteiger partial charge on any atom is -0.436 e. The standard InChI is InChI=1S/C43H29N3OS/c1-2-8-28(9-3-1)29-14-22-33(23-15-29)42-44-37(30-16-20-32(21-17-30)41-26-35-10-4-7-13-40(35)48-41)27-38(45-42)31-18-24-34(25-19-31)43-46-36-11-5-6-12-39(36)47-43/h1-22,24-27,33H,23H2. The molecule has 0 fully saturated rings. The smallest absolute Gasteiger partial charge is 0.227 e. The topological polar surface area (TPSA) is 51.8 Å². The van der Waals surface area contributed by atoms with Gasteiger partial charge in [0.15, 0.2) is 5.58 Å². The van der Waals surface area contributed by atoms with Crippen LogP contribution < -0.4 is 0 Å². The van der Waals surface area contributed by atoms with Crippen molar-refractivity contribution >= 4 is 38.1 Å². The summed E-state index contributed by atoms with van der Waals surface area (Å²) in [6.45, 7) is 0. The lowest BCUT2D eigenvalue weighted by atomic mass is 9.92. The van der Waals surface area contributed by atoms with Crippen LogP contribution in [0.5, 0.6) is 0 Å². The summed E-state index contributed by atoms with van der Waals surface area (Å²) < 4.78 is 7.33. The first-order valence-electron chi connectivity index (χ1n) is 16.1. The first-order chi connectivity index (χ1) is 23.7. The molecule has 0 saturated heterocycles. The van der Waals surface area contributed by atoms with Crippen molar-refractivity contribution in [2.45, 2.75) is 12.3 Å². The van der Waals surface area contributed by atoms with Gasteiger partial charge in [0.2, 0.25) is 5.89 Å². The highest BCUT2D eigenvalue weighted by molar-refractivity contribution is 7.22. The van der Waals surface area contributed by atoms with Gasteiger partial charge in [-0.1, -0.05) is 115 Å². The highest BCUT2D eigenvalue weighted by atomic mass is 32.1. The molecule has 5 aromatic carbocycles. The van der Waals surface area contributed by atoms with Crippen molar-refractivity contribution in [1.82, 2.24) is 15.0 Å². The molecule has 1 aliphatic rings. The second-order valence-corrected chi connectivity index (χ2v) is 13.1. The Morgan fingerprint density at radius 1 is 0.583 bits per heavy atom. The predicted octanol–water partition coefficient (Wildman–Crippen LogP) is 11.6. The van der Waals surface area contributed by atoms with E-state index in [2.05, 4.69) is 138 Å². The molecule has 0 spiro atoms. The number of allylic oxidation sites excluding steroid dienone is 4. The molecular formula is C43H29N3OS. The van der Waals surface area contributed by atoms with Gasteiger partial charge in [-0.25, -0.2) is 15.0 Å². The zero-order valence-corrected chi connectivity index (χ0v) is 26.8. The summed E-state index contributed by atoms with van der Waals surface area (Å²) in [5.74, 6) is 1.51. The predicted molar refractivity (Wildman–Crippen MR) is 198 cm³/mol. The Kier molecular flexibility index (Phi) is 7.10. The van der Waals surface area contributed by atoms with E-state index in [1.807, 2.05) is 35.6 Å². The van der Waals surface area contributed by atoms with E-state index >= 15 is 0 Å². The fourth-order valence-electron chi connectivity index (χ4n) is 6.29. The van der Waals surface area contributed by atoms with Crippen LogP contribution in [0, 0.1) is 0 Å². The molecule has 0 bridgehead atoms. The summed E-state index contributed by atoms with van der Waals surface area (Å²) in [5, 5.41) is 1.28. The van der Waals surface area contributed by atoms with Crippen molar-refractivity contribution in [3.05, 3.63) is 169 Å². The first kappa shape index (κ1) is 28.3. The van der Waals surface area contributed by atoms with E-state index in [1.165, 1.54) is 31.7 Å². The summed E-state index contributed by atoms with van der Waals surface area (Å²) in [6, 6.07) is 48.3. The van der Waals surface area contributed by atoms with E-state index in [9.17, 15) is 0 Å². The van der Waals surface area contributed by atoms with Gasteiger partial charge in [0.1, 0.15) is 11.3 Å². The van der Waals surface area contributed by atoms with Crippen LogP contribution in [0.1, 0.15) is 23.7 Å². The maximum Gasteiger partial charge on any atom is 0.227 e. The van der Waals surface area contributed by atoms with E-state index in [0.717, 1.165) is 51.4 Å². The highest BCUT2D eigenvalue weighted by Crippen LogP contribution is 2.36. The van der Waals surface area contributed by atoms with Gasteiger partial charge in [0.05, 0.1) is 11.4 Å². The van der Waals surface area contributed by atoms with E-state index in [1.54, 1.807) is 0 Å². The third kappa shape index (κ3) is 5.44. The summed E-state index contributed by atoms with van der Waals surface area (Å²) in [4.78, 5) is 16.3. The third-order valence-corrected chi connectivity index (χ3v) is 10.1. The van der Waals surface area contributed by atoms with Crippen LogP contribution in [0.25, 0.3) is 71.2 Å². The number of hydrogen-bond acceptors (Lipinski definition) is 5. The second-order valence-electron chi connectivity index (χ2n) is 12.0. The Balaban J connectivity index is 1.07. The van der Waals surface area contributed by atoms with Gasteiger partial charge in [-0.05, 0) is 71.0 Å². The van der Waals surface area contributed by atoms with Crippen molar-refractivity contribution in [1.29, 1.82) is 0 Å². The number of oxazole rings is 1. The number of thiophene rings is 1. The number of benzene rings is 5. The lowest BCUT2D eigenvalue weighted by molar-refractivity contribution is 0.620. The number of nitrogens with zero attached hydrogens (tertiary/aromatic N) is 3. The van der Waals surface area contributed by atoms with Crippen LogP contribution in [0.15, 0.2) is 162 Å². The minimum absolute atomic E-state index is 0.0769. The molecule has 8 aromatic rings. The summed E-state index contributed by atoms with van der Waals surface area (Å²) >= 11 is 1.82. The zero-order valence-electron chi connectivity index (χ0n) is 26.0. The van der Waals surface area contributed by atoms with Crippen LogP contribution >= 0.6 is 11.3 Å². The second kappa shape index (κ2) is 12.0. The summed E-state index contributed by atoms with van der Waals surface area (Å²) in [6.07, 6.45) is 7.58. The van der Waals surface area contributed by atoms with E-state index in [4.69, 9.17) is 14.4 Å². The van der Waals surface area contributed by atoms with Crippen LogP contribution in [0.3, 0.4) is 0 Å². The maximum atomic E-state index is 6.03. The van der Waals surface area contributed by atoms with Gasteiger partial charge in [-0.15, -0.1) is 11.3 Å². The molecule has 0 saturated carbocycles. The number of para-hydroxylation sites is 2. The zero-order chi connectivity index (χ0) is 31.9. The lowest BCUT2D eigenvalue weighted by Gasteiger charge is -2.17. The molecule has 0 radical (unpaired) electrons. The van der Waals surface area contributed by atoms with Crippen molar-refractivity contribution < 1.29 is 4.42 Å². The molecule has 228 valence electrons. The molecule has 0 N–H and O–H groups in total. The Labute approximate surface area is 282 Å². The van der Waals surface area contributed by atoms with E-state index in [-0.39, 0.29) is 5.92 Å². The number of hydrogen-bond donors (Lipinski definition) is 0. The fourth-order valence-corrected chi connectivity index (χ4v) is 7.36. The fraction of sp³-hybridized carbons (Fsp3) is 0.0465. The molecule has 9 rings (SSSR count). The monoisotopic (exact) mass is 635 g/mol. The Bertz CT molecular complexity index is 2270. The summed E-state index contributed by atoms with van der Waals surface area (Å²) in [7, 11) is 0. The quantitative estimate of drug-likeness (QED) is 0.182. The van der Waals surface area contributed by atoms with Gasteiger partial charge in [0, 0.05) is 32.2 Å². The molecule has 0 aliphatic heterocycles. The van der Waals surface area contributed by atoms with Crippen LogP contribution in [0.2, 0.25) is 0 Å². The molecule has 1 atom stereocenters. The molecular weight excluding hydrogens is 607 g/mol. The van der Waals surface area contributed by atoms with Crippen molar-refractivity contribution in [2.24, 2.45) is 0 Å². The molecule has 48 heavy (non-hydrogen) atoms. The minimum atomic E-state index is 0.0769. The van der Waals surface area contributed by atoms with E-state index in [0.29, 0.717) is 5.89 Å². The van der Waals surface area contributed by atoms with Crippen molar-refractivity contribution in [3.8, 4) is 44.4 Å². The molecule has 4 nitrogen and oxygen atoms in total. The largest absolute Gasteiger partial charge is 0.436 e. The average molecular weight is 636 g/mol. The molecule has 0 amide bonds. The third-order valence-electron chi connectivity index (χ3n) is 8.89. The average Bonchev–Trinajstić information content (AvgIpc) is 3.80. The molecule has 3 heterocycles. The number of fused-ring (bicyclic) bond motifs is 2. The lowest BCUT2D eigenvalue weighted by Crippen LogP contribution is -2.06. The normalized spacial score (nSPS) is 14.4. The van der Waals surface area contributed by atoms with Gasteiger partial charge in [0.25, 0.3) is 0 Å². The Hall–Kier alpha value is -5.91. The SMILES string of the molecule is C1=CC(c2nc(-c3ccc(-c4nc5ccccc5o4)cc3)cc(-c3ccc(-c4cc5ccccc5s4)cc3)n2)CC=C1c1ccccc1. The number of rotatable bonds is 6. The van der Waals surface area contributed by atoms with Crippen molar-refractivity contribution in [2.75, 3.05) is 0 Å². The van der Waals surface area contributed by atoms with Crippen LogP contribution in [-0.2, 0) is 0 Å². The molecule has 3 aromatic heterocycles. The summed E-state index contributed by atoms with van der Waals surface area (Å²) in [5.41, 5.74) is 10.1.